The third-order valence-electron chi connectivity index (χ3n) is 5.33. The third-order valence-corrected chi connectivity index (χ3v) is 5.33. The van der Waals surface area contributed by atoms with Crippen LogP contribution in [0.3, 0.4) is 0 Å². The molecule has 130 valence electrons. The topological polar surface area (TPSA) is 29.5 Å². The minimum Gasteiger partial charge on any atom is -0.381 e. The van der Waals surface area contributed by atoms with Crippen molar-refractivity contribution in [3.63, 3.8) is 0 Å². The first-order valence-electron chi connectivity index (χ1n) is 8.93. The lowest BCUT2D eigenvalue weighted by Crippen LogP contribution is -2.47. The molecule has 1 saturated heterocycles. The number of carbonyl (C=O) groups is 1. The highest BCUT2D eigenvalue weighted by atomic mass is 19.1. The van der Waals surface area contributed by atoms with E-state index in [1.165, 1.54) is 17.7 Å². The number of hydrogen-bond donors (Lipinski definition) is 0. The first-order valence-corrected chi connectivity index (χ1v) is 8.93. The van der Waals surface area contributed by atoms with Gasteiger partial charge in [-0.2, -0.15) is 0 Å². The molecule has 2 aliphatic rings. The van der Waals surface area contributed by atoms with Gasteiger partial charge in [-0.3, -0.25) is 4.79 Å². The van der Waals surface area contributed by atoms with Crippen molar-refractivity contribution in [1.29, 1.82) is 0 Å². The van der Waals surface area contributed by atoms with Crippen molar-refractivity contribution >= 4 is 5.91 Å². The van der Waals surface area contributed by atoms with Gasteiger partial charge in [0.05, 0.1) is 5.92 Å². The van der Waals surface area contributed by atoms with E-state index in [9.17, 15) is 9.18 Å². The summed E-state index contributed by atoms with van der Waals surface area (Å²) in [7, 11) is 0. The van der Waals surface area contributed by atoms with Gasteiger partial charge in [-0.05, 0) is 48.1 Å². The highest BCUT2D eigenvalue weighted by molar-refractivity contribution is 5.87. The number of fused-ring (bicyclic) bond motifs is 1. The van der Waals surface area contributed by atoms with Crippen molar-refractivity contribution in [2.75, 3.05) is 13.2 Å². The molecule has 25 heavy (non-hydrogen) atoms. The van der Waals surface area contributed by atoms with E-state index >= 15 is 0 Å². The molecule has 1 atom stereocenters. The van der Waals surface area contributed by atoms with E-state index in [0.717, 1.165) is 30.4 Å². The van der Waals surface area contributed by atoms with Crippen molar-refractivity contribution in [1.82, 2.24) is 4.90 Å². The molecule has 0 N–H and O–H groups in total. The second kappa shape index (κ2) is 6.96. The second-order valence-corrected chi connectivity index (χ2v) is 6.89. The van der Waals surface area contributed by atoms with Crippen LogP contribution in [-0.4, -0.2) is 30.1 Å². The molecule has 4 heteroatoms. The molecule has 1 amide bonds. The molecular formula is C21H22FNO2. The molecule has 1 heterocycles. The van der Waals surface area contributed by atoms with Crippen molar-refractivity contribution < 1.29 is 13.9 Å². The molecule has 4 rings (SSSR count). The van der Waals surface area contributed by atoms with E-state index in [1.54, 1.807) is 12.1 Å². The van der Waals surface area contributed by atoms with Crippen LogP contribution in [-0.2, 0) is 22.5 Å². The van der Waals surface area contributed by atoms with Gasteiger partial charge >= 0.3 is 0 Å². The van der Waals surface area contributed by atoms with Gasteiger partial charge < -0.3 is 9.64 Å². The van der Waals surface area contributed by atoms with Gasteiger partial charge in [0.25, 0.3) is 0 Å². The smallest absolute Gasteiger partial charge is 0.231 e. The van der Waals surface area contributed by atoms with Crippen molar-refractivity contribution in [2.24, 2.45) is 0 Å². The van der Waals surface area contributed by atoms with Crippen LogP contribution >= 0.6 is 0 Å². The average molecular weight is 339 g/mol. The van der Waals surface area contributed by atoms with Crippen molar-refractivity contribution in [3.05, 3.63) is 71.0 Å². The predicted octanol–water partition coefficient (Wildman–Crippen LogP) is 3.67. The maximum atomic E-state index is 13.3. The SMILES string of the molecule is O=C([C@H]1Cc2ccccc21)N(Cc1ccc(F)cc1)C1CCOCC1. The number of rotatable bonds is 4. The minimum atomic E-state index is -0.249. The average Bonchev–Trinajstić information content (AvgIpc) is 2.63. The summed E-state index contributed by atoms with van der Waals surface area (Å²) in [6, 6.07) is 14.8. The lowest BCUT2D eigenvalue weighted by molar-refractivity contribution is -0.138. The van der Waals surface area contributed by atoms with Gasteiger partial charge in [0.1, 0.15) is 5.82 Å². The number of nitrogens with zero attached hydrogens (tertiary/aromatic N) is 1. The van der Waals surface area contributed by atoms with Gasteiger partial charge in [-0.15, -0.1) is 0 Å². The highest BCUT2D eigenvalue weighted by Crippen LogP contribution is 2.37. The lowest BCUT2D eigenvalue weighted by Gasteiger charge is -2.39. The first kappa shape index (κ1) is 16.3. The van der Waals surface area contributed by atoms with Crippen LogP contribution in [0.1, 0.15) is 35.4 Å². The molecule has 1 fully saturated rings. The standard InChI is InChI=1S/C21H22FNO2/c22-17-7-5-15(6-8-17)14-23(18-9-11-25-12-10-18)21(24)20-13-16-3-1-2-4-19(16)20/h1-8,18,20H,9-14H2/t20-/m0/s1. The van der Waals surface area contributed by atoms with E-state index in [2.05, 4.69) is 12.1 Å². The number of benzene rings is 2. The zero-order valence-corrected chi connectivity index (χ0v) is 14.2. The summed E-state index contributed by atoms with van der Waals surface area (Å²) in [5, 5.41) is 0. The Morgan fingerprint density at radius 1 is 1.08 bits per heavy atom. The van der Waals surface area contributed by atoms with Gasteiger partial charge in [0.2, 0.25) is 5.91 Å². The Morgan fingerprint density at radius 2 is 1.80 bits per heavy atom. The van der Waals surface area contributed by atoms with Crippen LogP contribution in [0.4, 0.5) is 4.39 Å². The lowest BCUT2D eigenvalue weighted by atomic mass is 9.76. The number of carbonyl (C=O) groups excluding carboxylic acids is 1. The molecule has 0 radical (unpaired) electrons. The number of amides is 1. The number of halogens is 1. The first-order chi connectivity index (χ1) is 12.2. The molecule has 0 aromatic heterocycles. The number of ether oxygens (including phenoxy) is 1. The molecule has 0 saturated carbocycles. The molecule has 0 bridgehead atoms. The quantitative estimate of drug-likeness (QED) is 0.850. The summed E-state index contributed by atoms with van der Waals surface area (Å²) in [6.45, 7) is 1.92. The Labute approximate surface area is 147 Å². The predicted molar refractivity (Wildman–Crippen MR) is 93.7 cm³/mol. The van der Waals surface area contributed by atoms with Crippen LogP contribution in [0.15, 0.2) is 48.5 Å². The normalized spacial score (nSPS) is 19.8. The minimum absolute atomic E-state index is 0.0421. The van der Waals surface area contributed by atoms with Crippen molar-refractivity contribution in [3.8, 4) is 0 Å². The van der Waals surface area contributed by atoms with E-state index in [0.29, 0.717) is 19.8 Å². The monoisotopic (exact) mass is 339 g/mol. The third kappa shape index (κ3) is 3.31. The van der Waals surface area contributed by atoms with Crippen LogP contribution in [0.5, 0.6) is 0 Å². The second-order valence-electron chi connectivity index (χ2n) is 6.89. The fraction of sp³-hybridized carbons (Fsp3) is 0.381. The molecule has 2 aromatic rings. The molecular weight excluding hydrogens is 317 g/mol. The van der Waals surface area contributed by atoms with Crippen LogP contribution < -0.4 is 0 Å². The molecule has 0 unspecified atom stereocenters. The zero-order valence-electron chi connectivity index (χ0n) is 14.2. The maximum absolute atomic E-state index is 13.3. The van der Waals surface area contributed by atoms with Gasteiger partial charge in [0.15, 0.2) is 0 Å². The van der Waals surface area contributed by atoms with Gasteiger partial charge in [-0.1, -0.05) is 36.4 Å². The fourth-order valence-corrected chi connectivity index (χ4v) is 3.85. The molecule has 3 nitrogen and oxygen atoms in total. The summed E-state index contributed by atoms with van der Waals surface area (Å²) < 4.78 is 18.7. The summed E-state index contributed by atoms with van der Waals surface area (Å²) in [5.74, 6) is -0.102. The fourth-order valence-electron chi connectivity index (χ4n) is 3.85. The van der Waals surface area contributed by atoms with E-state index < -0.39 is 0 Å². The van der Waals surface area contributed by atoms with Crippen LogP contribution in [0.25, 0.3) is 0 Å². The Hall–Kier alpha value is -2.20. The van der Waals surface area contributed by atoms with E-state index in [4.69, 9.17) is 4.74 Å². The molecule has 2 aromatic carbocycles. The summed E-state index contributed by atoms with van der Waals surface area (Å²) >= 11 is 0. The van der Waals surface area contributed by atoms with Crippen LogP contribution in [0, 0.1) is 5.82 Å². The molecule has 1 aliphatic carbocycles. The highest BCUT2D eigenvalue weighted by Gasteiger charge is 2.37. The van der Waals surface area contributed by atoms with E-state index in [1.807, 2.05) is 17.0 Å². The van der Waals surface area contributed by atoms with Crippen molar-refractivity contribution in [2.45, 2.75) is 37.8 Å². The van der Waals surface area contributed by atoms with E-state index in [-0.39, 0.29) is 23.7 Å². The van der Waals surface area contributed by atoms with Crippen LogP contribution in [0.2, 0.25) is 0 Å². The Balaban J connectivity index is 1.56. The molecule has 1 aliphatic heterocycles. The summed E-state index contributed by atoms with van der Waals surface area (Å²) in [5.41, 5.74) is 3.40. The Kier molecular flexibility index (Phi) is 4.53. The largest absolute Gasteiger partial charge is 0.381 e. The summed E-state index contributed by atoms with van der Waals surface area (Å²) in [6.07, 6.45) is 2.54. The number of hydrogen-bond acceptors (Lipinski definition) is 2. The zero-order chi connectivity index (χ0) is 17.2. The maximum Gasteiger partial charge on any atom is 0.231 e. The van der Waals surface area contributed by atoms with Gasteiger partial charge in [-0.25, -0.2) is 4.39 Å². The Morgan fingerprint density at radius 3 is 2.52 bits per heavy atom. The molecule has 0 spiro atoms. The van der Waals surface area contributed by atoms with Gasteiger partial charge in [0, 0.05) is 25.8 Å². The Bertz CT molecular complexity index is 753. The summed E-state index contributed by atoms with van der Waals surface area (Å²) in [4.78, 5) is 15.3.